The molecule has 4 rings (SSSR count). The first kappa shape index (κ1) is 28.5. The lowest BCUT2D eigenvalue weighted by atomic mass is 10.0. The average molecular weight is 625 g/mol. The molecule has 1 aromatic heterocycles. The highest BCUT2D eigenvalue weighted by Crippen LogP contribution is 2.31. The third-order valence-electron chi connectivity index (χ3n) is 7.37. The summed E-state index contributed by atoms with van der Waals surface area (Å²) >= 11 is 0. The van der Waals surface area contributed by atoms with E-state index in [1.54, 1.807) is 25.3 Å². The standard InChI is InChI=1S/C31H38F3N3O5S/c1-41-20-25(38)19-36-15-13-23(14-16-36)35-28-9-6-10-29-27(28)17-24(37(29)21-31(32,33)34)8-5-4-7-22-11-12-26(43(3,39)40)18-30(22)42-2/h6,9-12,17-18,23,25,35,38H,4,7,13-16,19-21H2,1-3H3/i2D3. The minimum Gasteiger partial charge on any atom is -0.496 e. The summed E-state index contributed by atoms with van der Waals surface area (Å²) in [7, 11) is -4.90. The predicted octanol–water partition coefficient (Wildman–Crippen LogP) is 4.48. The van der Waals surface area contributed by atoms with E-state index in [0.29, 0.717) is 28.7 Å². The van der Waals surface area contributed by atoms with E-state index in [9.17, 15) is 26.7 Å². The minimum atomic E-state index is -4.49. The number of aliphatic hydroxyl groups excluding tert-OH is 1. The molecule has 0 radical (unpaired) electrons. The normalized spacial score (nSPS) is 17.0. The smallest absolute Gasteiger partial charge is 0.406 e. The van der Waals surface area contributed by atoms with Crippen molar-refractivity contribution >= 4 is 26.4 Å². The van der Waals surface area contributed by atoms with Crippen molar-refractivity contribution in [3.05, 3.63) is 53.7 Å². The predicted molar refractivity (Wildman–Crippen MR) is 160 cm³/mol. The summed E-state index contributed by atoms with van der Waals surface area (Å²) in [5.74, 6) is 5.63. The van der Waals surface area contributed by atoms with Crippen molar-refractivity contribution in [3.63, 3.8) is 0 Å². The van der Waals surface area contributed by atoms with Gasteiger partial charge in [0.2, 0.25) is 0 Å². The van der Waals surface area contributed by atoms with Gasteiger partial charge in [0.15, 0.2) is 9.84 Å². The number of likely N-dealkylation sites (tertiary alicyclic amines) is 1. The number of fused-ring (bicyclic) bond motifs is 1. The van der Waals surface area contributed by atoms with Crippen molar-refractivity contribution in [2.24, 2.45) is 0 Å². The molecular formula is C31H38F3N3O5S. The largest absolute Gasteiger partial charge is 0.496 e. The number of aliphatic hydroxyl groups is 1. The second-order valence-corrected chi connectivity index (χ2v) is 12.8. The molecule has 0 saturated carbocycles. The zero-order valence-electron chi connectivity index (χ0n) is 27.1. The highest BCUT2D eigenvalue weighted by Gasteiger charge is 2.30. The molecule has 0 spiro atoms. The van der Waals surface area contributed by atoms with Gasteiger partial charge in [-0.05, 0) is 61.1 Å². The zero-order chi connectivity index (χ0) is 33.7. The summed E-state index contributed by atoms with van der Waals surface area (Å²) in [6, 6.07) is 10.8. The summed E-state index contributed by atoms with van der Waals surface area (Å²) in [6.45, 7) is 1.07. The van der Waals surface area contributed by atoms with Crippen LogP contribution in [0.4, 0.5) is 18.9 Å². The molecule has 3 aromatic rings. The van der Waals surface area contributed by atoms with Crippen molar-refractivity contribution in [2.45, 2.75) is 55.4 Å². The maximum absolute atomic E-state index is 13.7. The van der Waals surface area contributed by atoms with Crippen LogP contribution in [0.5, 0.6) is 5.75 Å². The lowest BCUT2D eigenvalue weighted by Crippen LogP contribution is -2.43. The number of ether oxygens (including phenoxy) is 2. The molecule has 1 fully saturated rings. The van der Waals surface area contributed by atoms with Gasteiger partial charge in [0.1, 0.15) is 12.3 Å². The lowest BCUT2D eigenvalue weighted by molar-refractivity contribution is -0.140. The molecular weight excluding hydrogens is 583 g/mol. The van der Waals surface area contributed by atoms with E-state index in [1.165, 1.54) is 12.1 Å². The van der Waals surface area contributed by atoms with Gasteiger partial charge < -0.3 is 29.4 Å². The minimum absolute atomic E-state index is 0.0994. The number of methoxy groups -OCH3 is 2. The van der Waals surface area contributed by atoms with Crippen LogP contribution in [0.25, 0.3) is 10.9 Å². The number of halogens is 3. The van der Waals surface area contributed by atoms with Gasteiger partial charge in [-0.15, -0.1) is 0 Å². The Balaban J connectivity index is 1.54. The van der Waals surface area contributed by atoms with Crippen molar-refractivity contribution in [1.82, 2.24) is 9.47 Å². The van der Waals surface area contributed by atoms with Gasteiger partial charge in [-0.25, -0.2) is 8.42 Å². The highest BCUT2D eigenvalue weighted by molar-refractivity contribution is 7.90. The fraction of sp³-hybridized carbons (Fsp3) is 0.484. The van der Waals surface area contributed by atoms with Gasteiger partial charge in [-0.2, -0.15) is 13.2 Å². The SMILES string of the molecule is [2H]C([2H])([2H])Oc1cc(S(C)(=O)=O)ccc1CCC#Cc1cc2c(NC3CCN(CC(O)COC)CC3)cccc2n1CC(F)(F)F. The quantitative estimate of drug-likeness (QED) is 0.304. The van der Waals surface area contributed by atoms with Crippen LogP contribution in [0.3, 0.4) is 0 Å². The van der Waals surface area contributed by atoms with Crippen LogP contribution < -0.4 is 10.1 Å². The number of alkyl halides is 3. The molecule has 1 atom stereocenters. The topological polar surface area (TPSA) is 93.0 Å². The van der Waals surface area contributed by atoms with Crippen LogP contribution in [0.2, 0.25) is 0 Å². The number of anilines is 1. The number of hydrogen-bond donors (Lipinski definition) is 2. The van der Waals surface area contributed by atoms with Crippen molar-refractivity contribution in [2.75, 3.05) is 52.0 Å². The number of nitrogens with one attached hydrogen (secondary N) is 1. The molecule has 1 aliphatic rings. The van der Waals surface area contributed by atoms with Crippen LogP contribution >= 0.6 is 0 Å². The maximum atomic E-state index is 13.7. The number of rotatable bonds is 11. The first-order valence-electron chi connectivity index (χ1n) is 15.4. The summed E-state index contributed by atoms with van der Waals surface area (Å²) in [5, 5.41) is 14.1. The maximum Gasteiger partial charge on any atom is 0.406 e. The van der Waals surface area contributed by atoms with Crippen molar-refractivity contribution < 1.29 is 40.3 Å². The molecule has 2 heterocycles. The van der Waals surface area contributed by atoms with Crippen LogP contribution in [0.15, 0.2) is 47.4 Å². The van der Waals surface area contributed by atoms with Gasteiger partial charge in [-0.3, -0.25) is 0 Å². The Morgan fingerprint density at radius 2 is 1.98 bits per heavy atom. The Bertz CT molecular complexity index is 1680. The average Bonchev–Trinajstić information content (AvgIpc) is 3.28. The second-order valence-electron chi connectivity index (χ2n) is 10.7. The van der Waals surface area contributed by atoms with Gasteiger partial charge in [0, 0.05) is 56.5 Å². The highest BCUT2D eigenvalue weighted by atomic mass is 32.2. The third kappa shape index (κ3) is 8.89. The number of piperidine rings is 1. The van der Waals surface area contributed by atoms with Gasteiger partial charge >= 0.3 is 6.18 Å². The monoisotopic (exact) mass is 624 g/mol. The summed E-state index contributed by atoms with van der Waals surface area (Å²) in [6.07, 6.45) is -2.15. The van der Waals surface area contributed by atoms with E-state index < -0.39 is 35.7 Å². The third-order valence-corrected chi connectivity index (χ3v) is 8.48. The van der Waals surface area contributed by atoms with Gasteiger partial charge in [0.05, 0.1) is 40.0 Å². The Labute approximate surface area is 254 Å². The summed E-state index contributed by atoms with van der Waals surface area (Å²) in [4.78, 5) is 2.06. The van der Waals surface area contributed by atoms with Crippen molar-refractivity contribution in [1.29, 1.82) is 0 Å². The molecule has 2 aromatic carbocycles. The number of sulfone groups is 1. The Kier molecular flexibility index (Phi) is 9.31. The molecule has 43 heavy (non-hydrogen) atoms. The Morgan fingerprint density at radius 3 is 2.65 bits per heavy atom. The molecule has 0 amide bonds. The van der Waals surface area contributed by atoms with Crippen LogP contribution in [-0.4, -0.2) is 88.0 Å². The molecule has 234 valence electrons. The zero-order valence-corrected chi connectivity index (χ0v) is 24.9. The van der Waals surface area contributed by atoms with E-state index >= 15 is 0 Å². The van der Waals surface area contributed by atoms with Gasteiger partial charge in [-0.1, -0.05) is 18.1 Å². The molecule has 8 nitrogen and oxygen atoms in total. The van der Waals surface area contributed by atoms with E-state index in [0.717, 1.165) is 42.8 Å². The molecule has 2 N–H and O–H groups in total. The fourth-order valence-corrected chi connectivity index (χ4v) is 5.94. The molecule has 0 aliphatic carbocycles. The van der Waals surface area contributed by atoms with E-state index in [2.05, 4.69) is 22.1 Å². The Morgan fingerprint density at radius 1 is 1.21 bits per heavy atom. The fourth-order valence-electron chi connectivity index (χ4n) is 5.30. The number of benzene rings is 2. The van der Waals surface area contributed by atoms with Crippen LogP contribution in [0, 0.1) is 11.8 Å². The van der Waals surface area contributed by atoms with E-state index in [1.807, 2.05) is 6.07 Å². The number of aromatic nitrogens is 1. The molecule has 12 heteroatoms. The van der Waals surface area contributed by atoms with Crippen LogP contribution in [-0.2, 0) is 27.5 Å². The number of nitrogens with zero attached hydrogens (tertiary/aromatic N) is 2. The molecule has 1 saturated heterocycles. The lowest BCUT2D eigenvalue weighted by Gasteiger charge is -2.34. The Hall–Kier alpha value is -3.24. The molecule has 1 aliphatic heterocycles. The summed E-state index contributed by atoms with van der Waals surface area (Å²) < 4.78 is 98.4. The number of aryl methyl sites for hydroxylation is 1. The summed E-state index contributed by atoms with van der Waals surface area (Å²) in [5.41, 5.74) is 1.67. The van der Waals surface area contributed by atoms with Crippen molar-refractivity contribution in [3.8, 4) is 17.6 Å². The first-order valence-corrected chi connectivity index (χ1v) is 15.8. The van der Waals surface area contributed by atoms with E-state index in [-0.39, 0.29) is 41.8 Å². The number of hydrogen-bond acceptors (Lipinski definition) is 7. The number of β-amino-alcohol motifs (C(OH)–C–C–N with tert-alkyl or cyclic N) is 1. The molecule has 1 unspecified atom stereocenters. The molecule has 0 bridgehead atoms. The second kappa shape index (κ2) is 14.0. The van der Waals surface area contributed by atoms with E-state index in [4.69, 9.17) is 13.6 Å². The van der Waals surface area contributed by atoms with Gasteiger partial charge in [0.25, 0.3) is 0 Å². The first-order chi connectivity index (χ1) is 21.5. The van der Waals surface area contributed by atoms with Crippen LogP contribution in [0.1, 0.15) is 34.6 Å².